The van der Waals surface area contributed by atoms with Gasteiger partial charge in [0, 0.05) is 0 Å². The second kappa shape index (κ2) is 2.24. The fourth-order valence-electron chi connectivity index (χ4n) is 0.760. The monoisotopic (exact) mass is 150 g/mol. The Morgan fingerprint density at radius 1 is 1.67 bits per heavy atom. The zero-order valence-corrected chi connectivity index (χ0v) is 5.56. The zero-order valence-electron chi connectivity index (χ0n) is 4.74. The van der Waals surface area contributed by atoms with Gasteiger partial charge in [-0.05, 0) is 19.4 Å². The van der Waals surface area contributed by atoms with E-state index in [1.807, 2.05) is 0 Å². The molecule has 1 rings (SSSR count). The first-order valence-corrected chi connectivity index (χ1v) is 4.12. The third kappa shape index (κ3) is 1.64. The first-order chi connectivity index (χ1) is 4.11. The van der Waals surface area contributed by atoms with Crippen molar-refractivity contribution in [1.29, 1.82) is 0 Å². The fraction of sp³-hybridized carbons (Fsp3) is 0.750. The quantitative estimate of drug-likeness (QED) is 0.490. The van der Waals surface area contributed by atoms with Crippen molar-refractivity contribution < 1.29 is 13.0 Å². The molecule has 4 nitrogen and oxygen atoms in total. The molecule has 1 saturated heterocycles. The molecule has 1 fully saturated rings. The van der Waals surface area contributed by atoms with Crippen molar-refractivity contribution in [2.45, 2.75) is 11.8 Å². The van der Waals surface area contributed by atoms with Crippen LogP contribution in [0.25, 0.3) is 0 Å². The van der Waals surface area contributed by atoms with Crippen LogP contribution in [-0.2, 0) is 10.1 Å². The van der Waals surface area contributed by atoms with Crippen LogP contribution in [0.4, 0.5) is 0 Å². The molecule has 0 bridgehead atoms. The lowest BCUT2D eigenvalue weighted by molar-refractivity contribution is 0.461. The van der Waals surface area contributed by atoms with E-state index in [1.165, 1.54) is 0 Å². The highest BCUT2D eigenvalue weighted by Crippen LogP contribution is 2.08. The number of rotatable bonds is 1. The summed E-state index contributed by atoms with van der Waals surface area (Å²) in [6.07, 6.45) is 2.18. The Hall–Kier alpha value is -0.130. The molecule has 1 radical (unpaired) electrons. The average molecular weight is 150 g/mol. The first-order valence-electron chi connectivity index (χ1n) is 2.62. The highest BCUT2D eigenvalue weighted by molar-refractivity contribution is 7.86. The van der Waals surface area contributed by atoms with Gasteiger partial charge < -0.3 is 0 Å². The molecule has 1 heterocycles. The second-order valence-corrected chi connectivity index (χ2v) is 3.54. The van der Waals surface area contributed by atoms with E-state index in [-0.39, 0.29) is 0 Å². The molecule has 0 aliphatic carbocycles. The summed E-state index contributed by atoms with van der Waals surface area (Å²) in [5, 5.41) is 1.84. The van der Waals surface area contributed by atoms with Gasteiger partial charge in [-0.15, -0.1) is 0 Å². The third-order valence-electron chi connectivity index (χ3n) is 1.23. The maximum atomic E-state index is 10.3. The Bertz CT molecular complexity index is 180. The second-order valence-electron chi connectivity index (χ2n) is 1.94. The summed E-state index contributed by atoms with van der Waals surface area (Å²) >= 11 is 0. The van der Waals surface area contributed by atoms with Gasteiger partial charge >= 0.3 is 0 Å². The Balaban J connectivity index is 2.63. The van der Waals surface area contributed by atoms with Gasteiger partial charge in [-0.2, -0.15) is 8.42 Å². The standard InChI is InChI=1S/C4H8NO3S/c6-9(7,8)4-2-1-3-5-4/h1,4-5H,2-3H2,(H,6,7,8). The predicted molar refractivity (Wildman–Crippen MR) is 32.3 cm³/mol. The summed E-state index contributed by atoms with van der Waals surface area (Å²) in [4.78, 5) is 0. The lowest BCUT2D eigenvalue weighted by Crippen LogP contribution is -2.29. The first kappa shape index (κ1) is 6.98. The largest absolute Gasteiger partial charge is 0.299 e. The van der Waals surface area contributed by atoms with Crippen LogP contribution in [-0.4, -0.2) is 24.9 Å². The molecule has 1 unspecified atom stereocenters. The molecule has 0 amide bonds. The minimum Gasteiger partial charge on any atom is -0.299 e. The molecule has 9 heavy (non-hydrogen) atoms. The van der Waals surface area contributed by atoms with Crippen LogP contribution in [0.3, 0.4) is 0 Å². The van der Waals surface area contributed by atoms with Gasteiger partial charge in [0.25, 0.3) is 10.1 Å². The van der Waals surface area contributed by atoms with Crippen LogP contribution in [0.1, 0.15) is 6.42 Å². The summed E-state index contributed by atoms with van der Waals surface area (Å²) in [5.74, 6) is 0. The highest BCUT2D eigenvalue weighted by atomic mass is 32.2. The molecule has 1 aliphatic rings. The lowest BCUT2D eigenvalue weighted by Gasteiger charge is -2.03. The van der Waals surface area contributed by atoms with Crippen LogP contribution in [0, 0.1) is 6.42 Å². The lowest BCUT2D eigenvalue weighted by atomic mass is 10.4. The summed E-state index contributed by atoms with van der Waals surface area (Å²) in [5.41, 5.74) is 0. The van der Waals surface area contributed by atoms with Crippen LogP contribution >= 0.6 is 0 Å². The molecule has 0 aromatic heterocycles. The molecular weight excluding hydrogens is 142 g/mol. The Morgan fingerprint density at radius 3 is 2.56 bits per heavy atom. The normalized spacial score (nSPS) is 28.8. The smallest absolute Gasteiger partial charge is 0.281 e. The van der Waals surface area contributed by atoms with Crippen molar-refractivity contribution >= 4 is 10.1 Å². The van der Waals surface area contributed by atoms with Crippen molar-refractivity contribution in [3.05, 3.63) is 6.42 Å². The van der Waals surface area contributed by atoms with E-state index >= 15 is 0 Å². The molecule has 53 valence electrons. The molecular formula is C4H8NO3S. The number of hydrogen-bond acceptors (Lipinski definition) is 3. The van der Waals surface area contributed by atoms with E-state index in [1.54, 1.807) is 6.42 Å². The molecule has 1 aliphatic heterocycles. The summed E-state index contributed by atoms with van der Waals surface area (Å²) in [6.45, 7) is 0.560. The SMILES string of the molecule is O=S(=O)(O)C1C[CH]CN1. The van der Waals surface area contributed by atoms with Gasteiger partial charge in [0.15, 0.2) is 0 Å². The maximum absolute atomic E-state index is 10.3. The van der Waals surface area contributed by atoms with Crippen LogP contribution in [0.15, 0.2) is 0 Å². The fourth-order valence-corrected chi connectivity index (χ4v) is 1.45. The van der Waals surface area contributed by atoms with Crippen LogP contribution in [0.2, 0.25) is 0 Å². The minimum absolute atomic E-state index is 0.402. The van der Waals surface area contributed by atoms with Gasteiger partial charge in [-0.25, -0.2) is 0 Å². The van der Waals surface area contributed by atoms with Gasteiger partial charge in [0.05, 0.1) is 0 Å². The molecule has 1 atom stereocenters. The molecule has 0 spiro atoms. The van der Waals surface area contributed by atoms with E-state index in [2.05, 4.69) is 5.32 Å². The van der Waals surface area contributed by atoms with Gasteiger partial charge in [0.1, 0.15) is 5.37 Å². The van der Waals surface area contributed by atoms with E-state index in [0.29, 0.717) is 13.0 Å². The minimum atomic E-state index is -3.84. The van der Waals surface area contributed by atoms with E-state index in [0.717, 1.165) is 0 Å². The third-order valence-corrected chi connectivity index (χ3v) is 2.31. The Kier molecular flexibility index (Phi) is 1.74. The summed E-state index contributed by atoms with van der Waals surface area (Å²) < 4.78 is 29.0. The zero-order chi connectivity index (χ0) is 6.91. The molecule has 0 aromatic rings. The Morgan fingerprint density at radius 2 is 2.33 bits per heavy atom. The van der Waals surface area contributed by atoms with Crippen molar-refractivity contribution in [2.75, 3.05) is 6.54 Å². The van der Waals surface area contributed by atoms with E-state index in [9.17, 15) is 8.42 Å². The van der Waals surface area contributed by atoms with Gasteiger partial charge in [0.2, 0.25) is 0 Å². The average Bonchev–Trinajstić information content (AvgIpc) is 2.08. The summed E-state index contributed by atoms with van der Waals surface area (Å²) in [7, 11) is -3.84. The molecule has 5 heteroatoms. The van der Waals surface area contributed by atoms with Crippen LogP contribution < -0.4 is 5.32 Å². The number of nitrogens with one attached hydrogen (secondary N) is 1. The molecule has 0 saturated carbocycles. The van der Waals surface area contributed by atoms with Crippen LogP contribution in [0.5, 0.6) is 0 Å². The van der Waals surface area contributed by atoms with Crippen molar-refractivity contribution in [1.82, 2.24) is 5.32 Å². The Labute approximate surface area is 54.0 Å². The molecule has 0 aromatic carbocycles. The number of hydrogen-bond donors (Lipinski definition) is 2. The van der Waals surface area contributed by atoms with Crippen molar-refractivity contribution in [3.8, 4) is 0 Å². The van der Waals surface area contributed by atoms with Crippen molar-refractivity contribution in [2.24, 2.45) is 0 Å². The van der Waals surface area contributed by atoms with Gasteiger partial charge in [-0.3, -0.25) is 9.87 Å². The highest BCUT2D eigenvalue weighted by Gasteiger charge is 2.25. The summed E-state index contributed by atoms with van der Waals surface area (Å²) in [6, 6.07) is 0. The maximum Gasteiger partial charge on any atom is 0.281 e. The van der Waals surface area contributed by atoms with E-state index in [4.69, 9.17) is 4.55 Å². The topological polar surface area (TPSA) is 66.4 Å². The predicted octanol–water partition coefficient (Wildman–Crippen LogP) is -0.602. The van der Waals surface area contributed by atoms with E-state index < -0.39 is 15.5 Å². The van der Waals surface area contributed by atoms with Crippen molar-refractivity contribution in [3.63, 3.8) is 0 Å². The molecule has 2 N–H and O–H groups in total. The van der Waals surface area contributed by atoms with Gasteiger partial charge in [-0.1, -0.05) is 0 Å².